The number of carbonyl (C=O) groups is 1. The fraction of sp³-hybridized carbons (Fsp3) is 0.143. The van der Waals surface area contributed by atoms with Gasteiger partial charge in [0.2, 0.25) is 0 Å². The van der Waals surface area contributed by atoms with Crippen molar-refractivity contribution in [3.8, 4) is 16.9 Å². The van der Waals surface area contributed by atoms with Gasteiger partial charge in [0.25, 0.3) is 5.91 Å². The number of carbonyl (C=O) groups excluding carboxylic acids is 1. The maximum Gasteiger partial charge on any atom is 0.274 e. The van der Waals surface area contributed by atoms with E-state index in [1.807, 2.05) is 37.3 Å². The summed E-state index contributed by atoms with van der Waals surface area (Å²) in [6.45, 7) is 4.37. The van der Waals surface area contributed by atoms with Crippen LogP contribution >= 0.6 is 0 Å². The minimum atomic E-state index is -0.321. The summed E-state index contributed by atoms with van der Waals surface area (Å²) in [6, 6.07) is 13.3. The molecule has 0 aliphatic heterocycles. The number of hydrogen-bond donors (Lipinski definition) is 1. The second-order valence-corrected chi connectivity index (χ2v) is 6.46. The number of pyridine rings is 1. The van der Waals surface area contributed by atoms with Gasteiger partial charge in [0, 0.05) is 18.0 Å². The van der Waals surface area contributed by atoms with Crippen molar-refractivity contribution in [1.82, 2.24) is 25.3 Å². The first-order valence-corrected chi connectivity index (χ1v) is 8.88. The lowest BCUT2D eigenvalue weighted by atomic mass is 10.1. The Morgan fingerprint density at radius 1 is 1.11 bits per heavy atom. The van der Waals surface area contributed by atoms with Crippen LogP contribution in [0.5, 0.6) is 0 Å². The van der Waals surface area contributed by atoms with Crippen LogP contribution in [-0.2, 0) is 6.54 Å². The molecule has 0 saturated carbocycles. The second-order valence-electron chi connectivity index (χ2n) is 6.46. The first-order chi connectivity index (χ1) is 13.6. The normalized spacial score (nSPS) is 10.8. The third kappa shape index (κ3) is 3.42. The molecule has 0 radical (unpaired) electrons. The van der Waals surface area contributed by atoms with Crippen LogP contribution in [0.25, 0.3) is 16.9 Å². The molecule has 0 unspecified atom stereocenters. The molecule has 7 nitrogen and oxygen atoms in total. The summed E-state index contributed by atoms with van der Waals surface area (Å²) in [6.07, 6.45) is 4.93. The number of nitrogens with zero attached hydrogens (tertiary/aromatic N) is 4. The summed E-state index contributed by atoms with van der Waals surface area (Å²) in [5.74, 6) is 0.346. The molecule has 4 rings (SSSR count). The lowest BCUT2D eigenvalue weighted by Gasteiger charge is -2.10. The van der Waals surface area contributed by atoms with Crippen molar-refractivity contribution in [2.75, 3.05) is 0 Å². The molecule has 0 saturated heterocycles. The fourth-order valence-corrected chi connectivity index (χ4v) is 2.91. The van der Waals surface area contributed by atoms with Crippen LogP contribution in [0.4, 0.5) is 0 Å². The molecule has 4 aromatic rings. The minimum Gasteiger partial charge on any atom is -0.467 e. The van der Waals surface area contributed by atoms with E-state index in [-0.39, 0.29) is 18.1 Å². The number of rotatable bonds is 5. The number of benzene rings is 1. The molecule has 3 aromatic heterocycles. The molecule has 0 bridgehead atoms. The molecule has 0 aliphatic rings. The lowest BCUT2D eigenvalue weighted by Crippen LogP contribution is -2.23. The third-order valence-electron chi connectivity index (χ3n) is 4.58. The first kappa shape index (κ1) is 17.7. The molecule has 140 valence electrons. The summed E-state index contributed by atoms with van der Waals surface area (Å²) in [7, 11) is 0. The number of aromatic nitrogens is 4. The van der Waals surface area contributed by atoms with E-state index in [4.69, 9.17) is 4.42 Å². The van der Waals surface area contributed by atoms with Gasteiger partial charge in [0.05, 0.1) is 18.5 Å². The molecule has 28 heavy (non-hydrogen) atoms. The van der Waals surface area contributed by atoms with E-state index in [0.717, 1.165) is 16.8 Å². The Bertz CT molecular complexity index is 1100. The zero-order valence-corrected chi connectivity index (χ0v) is 15.6. The smallest absolute Gasteiger partial charge is 0.274 e. The van der Waals surface area contributed by atoms with Gasteiger partial charge in [-0.05, 0) is 61.4 Å². The van der Waals surface area contributed by atoms with Crippen LogP contribution in [0.1, 0.15) is 27.4 Å². The van der Waals surface area contributed by atoms with Crippen LogP contribution in [0.3, 0.4) is 0 Å². The second kappa shape index (κ2) is 7.48. The molecular weight excluding hydrogens is 354 g/mol. The first-order valence-electron chi connectivity index (χ1n) is 8.88. The van der Waals surface area contributed by atoms with Crippen molar-refractivity contribution in [1.29, 1.82) is 0 Å². The predicted molar refractivity (Wildman–Crippen MR) is 104 cm³/mol. The lowest BCUT2D eigenvalue weighted by molar-refractivity contribution is 0.0943. The Kier molecular flexibility index (Phi) is 4.72. The number of nitrogens with one attached hydrogen (secondary N) is 1. The molecule has 3 heterocycles. The van der Waals surface area contributed by atoms with Crippen LogP contribution in [0.2, 0.25) is 0 Å². The molecule has 0 fully saturated rings. The zero-order valence-electron chi connectivity index (χ0n) is 15.6. The highest BCUT2D eigenvalue weighted by Crippen LogP contribution is 2.26. The van der Waals surface area contributed by atoms with Crippen LogP contribution in [0.15, 0.2) is 65.5 Å². The Hall–Kier alpha value is -3.74. The fourth-order valence-electron chi connectivity index (χ4n) is 2.91. The zero-order chi connectivity index (χ0) is 19.5. The predicted octanol–water partition coefficient (Wildman–Crippen LogP) is 3.47. The highest BCUT2D eigenvalue weighted by molar-refractivity contribution is 5.98. The number of furan rings is 1. The molecule has 0 atom stereocenters. The molecule has 1 N–H and O–H groups in total. The van der Waals surface area contributed by atoms with E-state index in [1.165, 1.54) is 5.56 Å². The van der Waals surface area contributed by atoms with Gasteiger partial charge in [-0.25, -0.2) is 4.68 Å². The van der Waals surface area contributed by atoms with Crippen LogP contribution in [0, 0.1) is 13.8 Å². The maximum absolute atomic E-state index is 12.8. The number of aryl methyl sites for hydroxylation is 2. The van der Waals surface area contributed by atoms with Gasteiger partial charge < -0.3 is 9.73 Å². The van der Waals surface area contributed by atoms with Gasteiger partial charge in [-0.1, -0.05) is 11.3 Å². The molecule has 7 heteroatoms. The van der Waals surface area contributed by atoms with Crippen molar-refractivity contribution in [3.05, 3.63) is 83.7 Å². The third-order valence-corrected chi connectivity index (χ3v) is 4.58. The van der Waals surface area contributed by atoms with Crippen molar-refractivity contribution in [2.24, 2.45) is 0 Å². The number of amides is 1. The van der Waals surface area contributed by atoms with E-state index in [2.05, 4.69) is 27.5 Å². The number of hydrogen-bond acceptors (Lipinski definition) is 5. The summed E-state index contributed by atoms with van der Waals surface area (Å²) >= 11 is 0. The van der Waals surface area contributed by atoms with E-state index in [1.54, 1.807) is 35.5 Å². The largest absolute Gasteiger partial charge is 0.467 e. The highest BCUT2D eigenvalue weighted by Gasteiger charge is 2.22. The average molecular weight is 373 g/mol. The van der Waals surface area contributed by atoms with E-state index >= 15 is 0 Å². The van der Waals surface area contributed by atoms with Gasteiger partial charge in [0.15, 0.2) is 5.69 Å². The van der Waals surface area contributed by atoms with Crippen LogP contribution in [-0.4, -0.2) is 25.9 Å². The van der Waals surface area contributed by atoms with Crippen molar-refractivity contribution >= 4 is 5.91 Å². The summed E-state index contributed by atoms with van der Waals surface area (Å²) in [5.41, 5.74) is 4.83. The van der Waals surface area contributed by atoms with Gasteiger partial charge in [-0.15, -0.1) is 5.10 Å². The highest BCUT2D eigenvalue weighted by atomic mass is 16.3. The Balaban J connectivity index is 1.75. The molecule has 1 aromatic carbocycles. The Morgan fingerprint density at radius 3 is 2.64 bits per heavy atom. The standard InChI is InChI=1S/C21H19N5O2/c1-14-5-6-17(12-15(14)2)26-20(16-7-9-22-10-8-16)19(24-25-26)21(27)23-13-18-4-3-11-28-18/h3-12H,13H2,1-2H3,(H,23,27). The van der Waals surface area contributed by atoms with E-state index in [9.17, 15) is 4.79 Å². The Labute approximate surface area is 162 Å². The van der Waals surface area contributed by atoms with Crippen LogP contribution < -0.4 is 5.32 Å². The van der Waals surface area contributed by atoms with Gasteiger partial charge in [0.1, 0.15) is 11.5 Å². The van der Waals surface area contributed by atoms with Crippen molar-refractivity contribution in [3.63, 3.8) is 0 Å². The van der Waals surface area contributed by atoms with Gasteiger partial charge in [-0.3, -0.25) is 9.78 Å². The maximum atomic E-state index is 12.8. The van der Waals surface area contributed by atoms with Gasteiger partial charge in [-0.2, -0.15) is 0 Å². The molecule has 0 aliphatic carbocycles. The van der Waals surface area contributed by atoms with Gasteiger partial charge >= 0.3 is 0 Å². The monoisotopic (exact) mass is 373 g/mol. The summed E-state index contributed by atoms with van der Waals surface area (Å²) in [4.78, 5) is 16.9. The molecule has 0 spiro atoms. The summed E-state index contributed by atoms with van der Waals surface area (Å²) < 4.78 is 6.95. The molecular formula is C21H19N5O2. The minimum absolute atomic E-state index is 0.246. The SMILES string of the molecule is Cc1ccc(-n2nnc(C(=O)NCc3ccco3)c2-c2ccncc2)cc1C. The van der Waals surface area contributed by atoms with Crippen molar-refractivity contribution < 1.29 is 9.21 Å². The van der Waals surface area contributed by atoms with Crippen molar-refractivity contribution in [2.45, 2.75) is 20.4 Å². The average Bonchev–Trinajstić information content (AvgIpc) is 3.39. The topological polar surface area (TPSA) is 85.8 Å². The van der Waals surface area contributed by atoms with E-state index in [0.29, 0.717) is 11.5 Å². The Morgan fingerprint density at radius 2 is 1.93 bits per heavy atom. The summed E-state index contributed by atoms with van der Waals surface area (Å²) in [5, 5.41) is 11.3. The molecule has 1 amide bonds. The van der Waals surface area contributed by atoms with E-state index < -0.39 is 0 Å². The quantitative estimate of drug-likeness (QED) is 0.579.